The van der Waals surface area contributed by atoms with Gasteiger partial charge in [0.2, 0.25) is 5.91 Å². The van der Waals surface area contributed by atoms with Crippen LogP contribution in [0.5, 0.6) is 0 Å². The van der Waals surface area contributed by atoms with E-state index in [4.69, 9.17) is 11.6 Å². The normalized spacial score (nSPS) is 37.9. The number of nitrogens with one attached hydrogen (secondary N) is 1. The van der Waals surface area contributed by atoms with Crippen molar-refractivity contribution >= 4 is 23.2 Å². The molecule has 1 aromatic carbocycles. The molecule has 0 unspecified atom stereocenters. The maximum Gasteiger partial charge on any atom is 0.230 e. The summed E-state index contributed by atoms with van der Waals surface area (Å²) in [5, 5.41) is 2.47. The Kier molecular flexibility index (Phi) is 3.25. The SMILES string of the molecule is O=C(Nc1ccc(F)c(F)c1F)C12C[C@H]3C[C@@H](CC(Cl)(C3)C1)C2. The fraction of sp³-hybridized carbons (Fsp3) is 0.588. The van der Waals surface area contributed by atoms with E-state index in [-0.39, 0.29) is 16.5 Å². The minimum absolute atomic E-state index is 0.312. The minimum atomic E-state index is -1.57. The Hall–Kier alpha value is -1.23. The van der Waals surface area contributed by atoms with Crippen LogP contribution in [0, 0.1) is 34.7 Å². The van der Waals surface area contributed by atoms with E-state index in [1.807, 2.05) is 0 Å². The molecule has 6 heteroatoms. The average molecular weight is 344 g/mol. The van der Waals surface area contributed by atoms with Crippen LogP contribution in [0.2, 0.25) is 0 Å². The van der Waals surface area contributed by atoms with Gasteiger partial charge in [0.1, 0.15) is 0 Å². The first-order chi connectivity index (χ1) is 10.8. The topological polar surface area (TPSA) is 29.1 Å². The van der Waals surface area contributed by atoms with Crippen molar-refractivity contribution in [1.29, 1.82) is 0 Å². The van der Waals surface area contributed by atoms with E-state index in [2.05, 4.69) is 5.32 Å². The molecule has 4 bridgehead atoms. The second kappa shape index (κ2) is 4.88. The molecule has 0 heterocycles. The summed E-state index contributed by atoms with van der Waals surface area (Å²) in [5.41, 5.74) is -0.920. The number of rotatable bonds is 2. The molecule has 124 valence electrons. The van der Waals surface area contributed by atoms with Crippen LogP contribution < -0.4 is 5.32 Å². The number of hydrogen-bond donors (Lipinski definition) is 1. The van der Waals surface area contributed by atoms with Gasteiger partial charge in [0.05, 0.1) is 11.1 Å². The highest BCUT2D eigenvalue weighted by Gasteiger charge is 2.60. The fourth-order valence-electron chi connectivity index (χ4n) is 5.29. The lowest BCUT2D eigenvalue weighted by molar-refractivity contribution is -0.138. The van der Waals surface area contributed by atoms with Crippen LogP contribution in [-0.4, -0.2) is 10.8 Å². The van der Waals surface area contributed by atoms with E-state index in [1.165, 1.54) is 0 Å². The van der Waals surface area contributed by atoms with E-state index < -0.39 is 22.9 Å². The lowest BCUT2D eigenvalue weighted by Gasteiger charge is -2.59. The predicted octanol–water partition coefficient (Wildman–Crippen LogP) is 4.62. The number of anilines is 1. The van der Waals surface area contributed by atoms with Gasteiger partial charge in [0.25, 0.3) is 0 Å². The third-order valence-corrected chi connectivity index (χ3v) is 6.20. The average Bonchev–Trinajstić information content (AvgIpc) is 2.45. The standard InChI is InChI=1S/C17H17ClF3NO/c18-17-6-9-3-10(7-17)5-16(4-9,8-17)15(23)22-12-2-1-11(19)13(20)14(12)21/h1-2,9-10H,3-8H2,(H,22,23)/t9-,10-,16?,17?/m1/s1. The van der Waals surface area contributed by atoms with Gasteiger partial charge in [-0.05, 0) is 62.5 Å². The molecule has 5 rings (SSSR count). The van der Waals surface area contributed by atoms with Crippen molar-refractivity contribution in [3.05, 3.63) is 29.6 Å². The zero-order chi connectivity index (χ0) is 16.4. The predicted molar refractivity (Wildman–Crippen MR) is 80.6 cm³/mol. The summed E-state index contributed by atoms with van der Waals surface area (Å²) in [6, 6.07) is 1.87. The molecule has 4 saturated carbocycles. The lowest BCUT2D eigenvalue weighted by Crippen LogP contribution is -2.57. The van der Waals surface area contributed by atoms with Crippen molar-refractivity contribution in [2.75, 3.05) is 5.32 Å². The Morgan fingerprint density at radius 2 is 1.74 bits per heavy atom. The van der Waals surface area contributed by atoms with E-state index in [0.29, 0.717) is 18.3 Å². The molecular weight excluding hydrogens is 327 g/mol. The fourth-order valence-corrected chi connectivity index (χ4v) is 5.99. The zero-order valence-electron chi connectivity index (χ0n) is 12.5. The molecule has 2 nitrogen and oxygen atoms in total. The van der Waals surface area contributed by atoms with Crippen LogP contribution in [0.1, 0.15) is 38.5 Å². The molecule has 1 N–H and O–H groups in total. The van der Waals surface area contributed by atoms with Gasteiger partial charge in [-0.25, -0.2) is 13.2 Å². The highest BCUT2D eigenvalue weighted by molar-refractivity contribution is 6.24. The Labute approximate surface area is 137 Å². The maximum atomic E-state index is 13.8. The first-order valence-corrected chi connectivity index (χ1v) is 8.32. The third kappa shape index (κ3) is 2.35. The lowest BCUT2D eigenvalue weighted by atomic mass is 9.49. The van der Waals surface area contributed by atoms with Crippen molar-refractivity contribution in [2.45, 2.75) is 43.4 Å². The maximum absolute atomic E-state index is 13.8. The number of amides is 1. The molecule has 2 atom stereocenters. The zero-order valence-corrected chi connectivity index (χ0v) is 13.2. The smallest absolute Gasteiger partial charge is 0.230 e. The second-order valence-corrected chi connectivity index (χ2v) is 8.37. The molecule has 0 spiro atoms. The molecule has 0 aliphatic heterocycles. The molecule has 1 aromatic rings. The van der Waals surface area contributed by atoms with Crippen LogP contribution in [0.25, 0.3) is 0 Å². The third-order valence-electron chi connectivity index (χ3n) is 5.75. The number of benzene rings is 1. The van der Waals surface area contributed by atoms with Crippen LogP contribution in [0.15, 0.2) is 12.1 Å². The summed E-state index contributed by atoms with van der Waals surface area (Å²) in [6.07, 6.45) is 5.03. The van der Waals surface area contributed by atoms with E-state index in [0.717, 1.165) is 44.2 Å². The Bertz CT molecular complexity index is 679. The van der Waals surface area contributed by atoms with Gasteiger partial charge < -0.3 is 5.32 Å². The van der Waals surface area contributed by atoms with E-state index in [1.54, 1.807) is 0 Å². The number of alkyl halides is 1. The van der Waals surface area contributed by atoms with Gasteiger partial charge in [0.15, 0.2) is 17.5 Å². The number of carbonyl (C=O) groups excluding carboxylic acids is 1. The summed E-state index contributed by atoms with van der Waals surface area (Å²) < 4.78 is 40.2. The van der Waals surface area contributed by atoms with Gasteiger partial charge in [-0.15, -0.1) is 11.6 Å². The molecular formula is C17H17ClF3NO. The van der Waals surface area contributed by atoms with Gasteiger partial charge in [-0.2, -0.15) is 0 Å². The largest absolute Gasteiger partial charge is 0.323 e. The molecule has 4 aliphatic rings. The first-order valence-electron chi connectivity index (χ1n) is 7.94. The van der Waals surface area contributed by atoms with Gasteiger partial charge in [-0.3, -0.25) is 4.79 Å². The second-order valence-electron chi connectivity index (χ2n) is 7.57. The van der Waals surface area contributed by atoms with Crippen molar-refractivity contribution in [2.24, 2.45) is 17.3 Å². The van der Waals surface area contributed by atoms with Gasteiger partial charge in [-0.1, -0.05) is 0 Å². The Morgan fingerprint density at radius 3 is 2.35 bits per heavy atom. The Morgan fingerprint density at radius 1 is 1.09 bits per heavy atom. The van der Waals surface area contributed by atoms with Crippen LogP contribution in [0.4, 0.5) is 18.9 Å². The quantitative estimate of drug-likeness (QED) is 0.616. The minimum Gasteiger partial charge on any atom is -0.323 e. The van der Waals surface area contributed by atoms with Gasteiger partial charge in [0, 0.05) is 4.87 Å². The van der Waals surface area contributed by atoms with Crippen LogP contribution >= 0.6 is 11.6 Å². The summed E-state index contributed by atoms with van der Waals surface area (Å²) in [7, 11) is 0. The summed E-state index contributed by atoms with van der Waals surface area (Å²) in [6.45, 7) is 0. The number of halogens is 4. The van der Waals surface area contributed by atoms with Crippen molar-refractivity contribution < 1.29 is 18.0 Å². The highest BCUT2D eigenvalue weighted by atomic mass is 35.5. The molecule has 0 radical (unpaired) electrons. The summed E-state index contributed by atoms with van der Waals surface area (Å²) >= 11 is 6.68. The Balaban J connectivity index is 1.61. The molecule has 0 aromatic heterocycles. The molecule has 4 aliphatic carbocycles. The van der Waals surface area contributed by atoms with Crippen molar-refractivity contribution in [1.82, 2.24) is 0 Å². The van der Waals surface area contributed by atoms with Crippen molar-refractivity contribution in [3.8, 4) is 0 Å². The summed E-state index contributed by atoms with van der Waals surface area (Å²) in [4.78, 5) is 12.5. The molecule has 1 amide bonds. The van der Waals surface area contributed by atoms with E-state index >= 15 is 0 Å². The summed E-state index contributed by atoms with van der Waals surface area (Å²) in [5.74, 6) is -3.66. The highest BCUT2D eigenvalue weighted by Crippen LogP contribution is 2.64. The van der Waals surface area contributed by atoms with E-state index in [9.17, 15) is 18.0 Å². The molecule has 23 heavy (non-hydrogen) atoms. The molecule has 4 fully saturated rings. The first kappa shape index (κ1) is 15.3. The van der Waals surface area contributed by atoms with Crippen molar-refractivity contribution in [3.63, 3.8) is 0 Å². The monoisotopic (exact) mass is 343 g/mol. The van der Waals surface area contributed by atoms with Crippen LogP contribution in [0.3, 0.4) is 0 Å². The van der Waals surface area contributed by atoms with Crippen LogP contribution in [-0.2, 0) is 4.79 Å². The number of hydrogen-bond acceptors (Lipinski definition) is 1. The van der Waals surface area contributed by atoms with Gasteiger partial charge >= 0.3 is 0 Å². The number of carbonyl (C=O) groups is 1. The molecule has 0 saturated heterocycles.